The van der Waals surface area contributed by atoms with Crippen LogP contribution in [-0.4, -0.2) is 9.52 Å². The molecule has 0 amide bonds. The molecule has 317 valence electrons. The van der Waals surface area contributed by atoms with E-state index in [1.165, 1.54) is 103 Å². The van der Waals surface area contributed by atoms with Gasteiger partial charge in [-0.25, -0.2) is 0 Å². The summed E-state index contributed by atoms with van der Waals surface area (Å²) in [5, 5.41) is 2.96. The molecule has 0 spiro atoms. The van der Waals surface area contributed by atoms with E-state index in [4.69, 9.17) is 0 Å². The topological polar surface area (TPSA) is 0 Å². The quantitative estimate of drug-likeness (QED) is 0.127. The van der Waals surface area contributed by atoms with Crippen molar-refractivity contribution in [3.63, 3.8) is 0 Å². The van der Waals surface area contributed by atoms with E-state index in [9.17, 15) is 17.0 Å². The van der Waals surface area contributed by atoms with Gasteiger partial charge in [0, 0.05) is 0 Å². The third-order valence-electron chi connectivity index (χ3n) is 14.6. The molecule has 2 unspecified atom stereocenters. The van der Waals surface area contributed by atoms with Crippen molar-refractivity contribution >= 4 is 52.3 Å². The molecule has 6 aromatic carbocycles. The van der Waals surface area contributed by atoms with Crippen molar-refractivity contribution in [1.29, 1.82) is 0 Å². The van der Waals surface area contributed by atoms with E-state index in [0.717, 1.165) is 25.7 Å². The number of halogens is 2. The molecule has 1 heterocycles. The van der Waals surface area contributed by atoms with E-state index in [0.29, 0.717) is 0 Å². The maximum atomic E-state index is 9.59. The minimum atomic E-state index is -5.83. The third-order valence-corrected chi connectivity index (χ3v) is 37.1. The second kappa shape index (κ2) is 15.9. The first-order chi connectivity index (χ1) is 29.5. The molecule has 0 aromatic heterocycles. The molecule has 4 heteroatoms. The van der Waals surface area contributed by atoms with Crippen LogP contribution in [0.3, 0.4) is 0 Å². The van der Waals surface area contributed by atoms with Crippen LogP contribution in [0.15, 0.2) is 126 Å². The fourth-order valence-corrected chi connectivity index (χ4v) is 40.1. The van der Waals surface area contributed by atoms with E-state index in [2.05, 4.69) is 197 Å². The number of hydrogen-bond acceptors (Lipinski definition) is 0. The molecule has 0 saturated carbocycles. The third kappa shape index (κ3) is 6.84. The molecule has 0 N–H and O–H groups in total. The van der Waals surface area contributed by atoms with Crippen molar-refractivity contribution in [1.82, 2.24) is 0 Å². The van der Waals surface area contributed by atoms with Gasteiger partial charge in [0.25, 0.3) is 0 Å². The normalized spacial score (nSPS) is 17.8. The van der Waals surface area contributed by atoms with Crippen molar-refractivity contribution in [2.24, 2.45) is 10.8 Å². The van der Waals surface area contributed by atoms with Gasteiger partial charge in [-0.15, -0.1) is 0 Å². The first kappa shape index (κ1) is 43.7. The molecular formula is C58H63Cl2SiZr. The molecular weight excluding hydrogens is 887 g/mol. The Kier molecular flexibility index (Phi) is 11.2. The summed E-state index contributed by atoms with van der Waals surface area (Å²) in [6.07, 6.45) is 9.35. The van der Waals surface area contributed by atoms with Gasteiger partial charge < -0.3 is 0 Å². The summed E-state index contributed by atoms with van der Waals surface area (Å²) in [4.78, 5) is 0. The zero-order valence-corrected chi connectivity index (χ0v) is 44.0. The Morgan fingerprint density at radius 1 is 0.516 bits per heavy atom. The van der Waals surface area contributed by atoms with E-state index in [1.807, 2.05) is 0 Å². The van der Waals surface area contributed by atoms with E-state index < -0.39 is 25.9 Å². The van der Waals surface area contributed by atoms with Crippen LogP contribution in [0.2, 0.25) is 0 Å². The van der Waals surface area contributed by atoms with Gasteiger partial charge in [-0.3, -0.25) is 0 Å². The summed E-state index contributed by atoms with van der Waals surface area (Å²) in [5.41, 5.74) is 21.1. The fraction of sp³-hybridized carbons (Fsp3) is 0.310. The van der Waals surface area contributed by atoms with Gasteiger partial charge in [0.1, 0.15) is 0 Å². The first-order valence-corrected chi connectivity index (χ1v) is 35.0. The summed E-state index contributed by atoms with van der Waals surface area (Å²) in [7, 11) is 18.3. The van der Waals surface area contributed by atoms with Crippen LogP contribution >= 0.6 is 17.0 Å². The Morgan fingerprint density at radius 2 is 0.952 bits per heavy atom. The van der Waals surface area contributed by atoms with Crippen LogP contribution in [0, 0.1) is 24.7 Å². The first-order valence-electron chi connectivity index (χ1n) is 23.1. The van der Waals surface area contributed by atoms with Crippen molar-refractivity contribution in [2.75, 3.05) is 0 Å². The standard InChI is InChI=1S/2C23H27.C12H9Si.2ClH.Zr/c2*1-6-9-17-12-13-18-14-19(23(3,4)5)15-21(18)22(17)20-11-8-7-10-16(20)2;1-3-7-11-9(5-1)10-6-2-4-8-12(10)13-11;;;/h2*7-8,10-15H,6,9H2,1-5H3;1-7H,13H2;2*1H;/q;;;;;+2/p-2. The van der Waals surface area contributed by atoms with E-state index >= 15 is 0 Å². The number of allylic oxidation sites excluding steroid dienone is 2. The Labute approximate surface area is 383 Å². The summed E-state index contributed by atoms with van der Waals surface area (Å²) < 4.78 is 0.981. The van der Waals surface area contributed by atoms with Crippen molar-refractivity contribution < 1.29 is 16.4 Å². The number of benzene rings is 6. The maximum absolute atomic E-state index is 9.59. The molecule has 0 bridgehead atoms. The molecule has 0 radical (unpaired) electrons. The van der Waals surface area contributed by atoms with Gasteiger partial charge in [0.2, 0.25) is 0 Å². The monoisotopic (exact) mass is 947 g/mol. The molecule has 0 fully saturated rings. The molecule has 2 atom stereocenters. The molecule has 62 heavy (non-hydrogen) atoms. The number of fused-ring (bicyclic) bond motifs is 5. The summed E-state index contributed by atoms with van der Waals surface area (Å²) >= 11 is -5.83. The van der Waals surface area contributed by atoms with Gasteiger partial charge in [0.15, 0.2) is 0 Å². The summed E-state index contributed by atoms with van der Waals surface area (Å²) in [6, 6.07) is 43.9. The van der Waals surface area contributed by atoms with E-state index in [1.54, 1.807) is 0 Å². The fourth-order valence-electron chi connectivity index (χ4n) is 11.8. The number of aryl methyl sites for hydroxylation is 4. The van der Waals surface area contributed by atoms with Gasteiger partial charge >= 0.3 is 386 Å². The molecule has 0 saturated heterocycles. The second-order valence-corrected chi connectivity index (χ2v) is 43.1. The SMILES string of the molecule is CCCc1ccc2c(c1-c1ccccc1C)C=C(C(C)(C)C)[CH]2[Zr]([Cl])([Cl])([c]1cccc2c1[SiH2]c1ccccc1-2)[CH]1C(C(C)(C)C)=Cc2c1ccc(CCC)c2-c1ccccc1C. The number of rotatable bonds is 9. The molecule has 2 aliphatic carbocycles. The minimum absolute atomic E-state index is 0.156. The Morgan fingerprint density at radius 3 is 1.40 bits per heavy atom. The van der Waals surface area contributed by atoms with Crippen molar-refractivity contribution in [3.05, 3.63) is 171 Å². The predicted molar refractivity (Wildman–Crippen MR) is 273 cm³/mol. The van der Waals surface area contributed by atoms with Crippen LogP contribution in [0.25, 0.3) is 45.5 Å². The predicted octanol–water partition coefficient (Wildman–Crippen LogP) is 14.6. The second-order valence-electron chi connectivity index (χ2n) is 20.7. The van der Waals surface area contributed by atoms with Crippen molar-refractivity contribution in [2.45, 2.75) is 102 Å². The van der Waals surface area contributed by atoms with Crippen LogP contribution in [-0.2, 0) is 29.2 Å². The van der Waals surface area contributed by atoms with Gasteiger partial charge in [0.05, 0.1) is 0 Å². The molecule has 0 nitrogen and oxygen atoms in total. The summed E-state index contributed by atoms with van der Waals surface area (Å²) in [6.45, 7) is 23.5. The molecule has 3 aliphatic rings. The van der Waals surface area contributed by atoms with Crippen LogP contribution in [0.1, 0.15) is 120 Å². The Hall–Kier alpha value is -3.52. The van der Waals surface area contributed by atoms with Gasteiger partial charge in [-0.1, -0.05) is 0 Å². The van der Waals surface area contributed by atoms with Crippen LogP contribution in [0.4, 0.5) is 0 Å². The van der Waals surface area contributed by atoms with E-state index in [-0.39, 0.29) is 18.1 Å². The van der Waals surface area contributed by atoms with Gasteiger partial charge in [-0.05, 0) is 0 Å². The Balaban J connectivity index is 1.44. The van der Waals surface area contributed by atoms with Crippen LogP contribution < -0.4 is 13.6 Å². The average molecular weight is 950 g/mol. The molecule has 9 rings (SSSR count). The molecule has 1 aliphatic heterocycles. The zero-order valence-electron chi connectivity index (χ0n) is 38.6. The summed E-state index contributed by atoms with van der Waals surface area (Å²) in [5.74, 6) is 0. The van der Waals surface area contributed by atoms with Gasteiger partial charge in [-0.2, -0.15) is 0 Å². The Bertz CT molecular complexity index is 2700. The van der Waals surface area contributed by atoms with Crippen LogP contribution in [0.5, 0.6) is 0 Å². The zero-order chi connectivity index (χ0) is 44.0. The number of hydrogen-bond donors (Lipinski definition) is 0. The average Bonchev–Trinajstić information content (AvgIpc) is 3.95. The molecule has 6 aromatic rings. The van der Waals surface area contributed by atoms with Crippen molar-refractivity contribution in [3.8, 4) is 33.4 Å².